The Hall–Kier alpha value is -1.39. The van der Waals surface area contributed by atoms with Crippen LogP contribution < -0.4 is 5.90 Å². The summed E-state index contributed by atoms with van der Waals surface area (Å²) in [7, 11) is 0. The second kappa shape index (κ2) is 4.00. The summed E-state index contributed by atoms with van der Waals surface area (Å²) in [5.41, 5.74) is 3.07. The van der Waals surface area contributed by atoms with Crippen LogP contribution in [-0.2, 0) is 11.4 Å². The Kier molecular flexibility index (Phi) is 2.70. The third-order valence-corrected chi connectivity index (χ3v) is 2.36. The molecule has 0 amide bonds. The van der Waals surface area contributed by atoms with Crippen LogP contribution in [0.3, 0.4) is 0 Å². The molecule has 0 unspecified atom stereocenters. The van der Waals surface area contributed by atoms with Gasteiger partial charge in [-0.1, -0.05) is 19.9 Å². The number of nitrogens with one attached hydrogen (secondary N) is 1. The Labute approximate surface area is 88.4 Å². The second-order valence-electron chi connectivity index (χ2n) is 3.94. The van der Waals surface area contributed by atoms with Crippen molar-refractivity contribution >= 4 is 11.0 Å². The minimum atomic E-state index is 0.409. The average molecular weight is 205 g/mol. The van der Waals surface area contributed by atoms with Gasteiger partial charge in [-0.05, 0) is 17.7 Å². The molecule has 1 aromatic carbocycles. The molecule has 2 rings (SSSR count). The molecule has 0 aliphatic rings. The summed E-state index contributed by atoms with van der Waals surface area (Å²) >= 11 is 0. The molecule has 0 bridgehead atoms. The summed E-state index contributed by atoms with van der Waals surface area (Å²) < 4.78 is 0. The van der Waals surface area contributed by atoms with E-state index in [0.29, 0.717) is 12.5 Å². The first kappa shape index (κ1) is 10.1. The van der Waals surface area contributed by atoms with Crippen LogP contribution in [0.1, 0.15) is 31.2 Å². The number of nitrogens with two attached hydrogens (primary N) is 1. The van der Waals surface area contributed by atoms with Crippen LogP contribution in [0.15, 0.2) is 18.2 Å². The van der Waals surface area contributed by atoms with Crippen molar-refractivity contribution in [1.29, 1.82) is 0 Å². The monoisotopic (exact) mass is 205 g/mol. The Morgan fingerprint density at radius 3 is 2.93 bits per heavy atom. The molecule has 1 aromatic heterocycles. The number of nitrogens with zero attached hydrogens (tertiary/aromatic N) is 1. The number of benzene rings is 1. The standard InChI is InChI=1S/C11H15N3O/c1-7(2)11-13-9-4-3-8(6-15-12)5-10(9)14-11/h3-5,7H,6,12H2,1-2H3,(H,13,14). The summed E-state index contributed by atoms with van der Waals surface area (Å²) in [4.78, 5) is 12.4. The van der Waals surface area contributed by atoms with Crippen molar-refractivity contribution in [3.63, 3.8) is 0 Å². The number of aromatic amines is 1. The van der Waals surface area contributed by atoms with Crippen molar-refractivity contribution in [3.05, 3.63) is 29.6 Å². The van der Waals surface area contributed by atoms with Crippen LogP contribution >= 0.6 is 0 Å². The number of fused-ring (bicyclic) bond motifs is 1. The van der Waals surface area contributed by atoms with Crippen molar-refractivity contribution in [1.82, 2.24) is 9.97 Å². The van der Waals surface area contributed by atoms with E-state index in [0.717, 1.165) is 22.4 Å². The largest absolute Gasteiger partial charge is 0.342 e. The van der Waals surface area contributed by atoms with E-state index in [1.807, 2.05) is 18.2 Å². The minimum Gasteiger partial charge on any atom is -0.342 e. The fourth-order valence-corrected chi connectivity index (χ4v) is 1.54. The van der Waals surface area contributed by atoms with E-state index in [-0.39, 0.29) is 0 Å². The van der Waals surface area contributed by atoms with E-state index >= 15 is 0 Å². The minimum absolute atomic E-state index is 0.409. The number of hydrogen-bond acceptors (Lipinski definition) is 3. The third kappa shape index (κ3) is 2.00. The van der Waals surface area contributed by atoms with E-state index in [9.17, 15) is 0 Å². The Morgan fingerprint density at radius 2 is 2.27 bits per heavy atom. The smallest absolute Gasteiger partial charge is 0.109 e. The quantitative estimate of drug-likeness (QED) is 0.754. The van der Waals surface area contributed by atoms with Crippen molar-refractivity contribution in [2.75, 3.05) is 0 Å². The van der Waals surface area contributed by atoms with Crippen LogP contribution in [0, 0.1) is 0 Å². The Bertz CT molecular complexity index is 462. The molecule has 80 valence electrons. The fraction of sp³-hybridized carbons (Fsp3) is 0.364. The number of imidazole rings is 1. The number of aromatic nitrogens is 2. The van der Waals surface area contributed by atoms with E-state index < -0.39 is 0 Å². The highest BCUT2D eigenvalue weighted by Crippen LogP contribution is 2.18. The van der Waals surface area contributed by atoms with E-state index in [2.05, 4.69) is 28.7 Å². The van der Waals surface area contributed by atoms with Gasteiger partial charge in [-0.3, -0.25) is 4.84 Å². The topological polar surface area (TPSA) is 63.9 Å². The van der Waals surface area contributed by atoms with Gasteiger partial charge in [-0.25, -0.2) is 10.9 Å². The highest BCUT2D eigenvalue weighted by atomic mass is 16.6. The zero-order valence-corrected chi connectivity index (χ0v) is 8.95. The molecule has 0 saturated heterocycles. The van der Waals surface area contributed by atoms with Gasteiger partial charge in [0.25, 0.3) is 0 Å². The first-order valence-corrected chi connectivity index (χ1v) is 5.01. The second-order valence-corrected chi connectivity index (χ2v) is 3.94. The van der Waals surface area contributed by atoms with Gasteiger partial charge in [-0.15, -0.1) is 0 Å². The van der Waals surface area contributed by atoms with Crippen molar-refractivity contribution in [2.24, 2.45) is 5.90 Å². The Balaban J connectivity index is 2.43. The molecule has 2 aromatic rings. The lowest BCUT2D eigenvalue weighted by molar-refractivity contribution is 0.124. The fourth-order valence-electron chi connectivity index (χ4n) is 1.54. The lowest BCUT2D eigenvalue weighted by atomic mass is 10.2. The van der Waals surface area contributed by atoms with Gasteiger partial charge in [0, 0.05) is 5.92 Å². The summed E-state index contributed by atoms with van der Waals surface area (Å²) in [5, 5.41) is 0. The molecule has 4 heteroatoms. The summed E-state index contributed by atoms with van der Waals surface area (Å²) in [6.07, 6.45) is 0. The summed E-state index contributed by atoms with van der Waals surface area (Å²) in [6.45, 7) is 4.65. The van der Waals surface area contributed by atoms with Crippen molar-refractivity contribution < 1.29 is 4.84 Å². The van der Waals surface area contributed by atoms with E-state index in [1.165, 1.54) is 0 Å². The highest BCUT2D eigenvalue weighted by molar-refractivity contribution is 5.75. The lowest BCUT2D eigenvalue weighted by Gasteiger charge is -1.97. The Morgan fingerprint density at radius 1 is 1.47 bits per heavy atom. The van der Waals surface area contributed by atoms with Gasteiger partial charge in [0.2, 0.25) is 0 Å². The maximum Gasteiger partial charge on any atom is 0.109 e. The van der Waals surface area contributed by atoms with Gasteiger partial charge < -0.3 is 4.98 Å². The first-order valence-electron chi connectivity index (χ1n) is 5.01. The van der Waals surface area contributed by atoms with Gasteiger partial charge in [-0.2, -0.15) is 0 Å². The number of H-pyrrole nitrogens is 1. The average Bonchev–Trinajstić information content (AvgIpc) is 2.61. The van der Waals surface area contributed by atoms with Gasteiger partial charge >= 0.3 is 0 Å². The van der Waals surface area contributed by atoms with Gasteiger partial charge in [0.15, 0.2) is 0 Å². The SMILES string of the molecule is CC(C)c1nc2ccc(CON)cc2[nH]1. The van der Waals surface area contributed by atoms with Crippen LogP contribution in [0.25, 0.3) is 11.0 Å². The molecule has 0 spiro atoms. The molecule has 3 N–H and O–H groups in total. The summed E-state index contributed by atoms with van der Waals surface area (Å²) in [6, 6.07) is 5.97. The molecule has 0 saturated carbocycles. The van der Waals surface area contributed by atoms with Crippen LogP contribution in [-0.4, -0.2) is 9.97 Å². The van der Waals surface area contributed by atoms with Crippen LogP contribution in [0.5, 0.6) is 0 Å². The zero-order chi connectivity index (χ0) is 10.8. The van der Waals surface area contributed by atoms with E-state index in [1.54, 1.807) is 0 Å². The van der Waals surface area contributed by atoms with Crippen molar-refractivity contribution in [2.45, 2.75) is 26.4 Å². The third-order valence-electron chi connectivity index (χ3n) is 2.36. The molecule has 4 nitrogen and oxygen atoms in total. The lowest BCUT2D eigenvalue weighted by Crippen LogP contribution is -1.98. The highest BCUT2D eigenvalue weighted by Gasteiger charge is 2.06. The molecule has 15 heavy (non-hydrogen) atoms. The molecule has 1 heterocycles. The first-order chi connectivity index (χ1) is 7.20. The molecule has 0 aliphatic carbocycles. The van der Waals surface area contributed by atoms with Crippen LogP contribution in [0.4, 0.5) is 0 Å². The summed E-state index contributed by atoms with van der Waals surface area (Å²) in [5.74, 6) is 6.45. The van der Waals surface area contributed by atoms with Gasteiger partial charge in [0.1, 0.15) is 5.82 Å². The molecule has 0 fully saturated rings. The number of hydrogen-bond donors (Lipinski definition) is 2. The molecule has 0 radical (unpaired) electrons. The predicted molar refractivity (Wildman–Crippen MR) is 59.2 cm³/mol. The van der Waals surface area contributed by atoms with Crippen molar-refractivity contribution in [3.8, 4) is 0 Å². The normalized spacial score (nSPS) is 11.5. The molecular weight excluding hydrogens is 190 g/mol. The van der Waals surface area contributed by atoms with Gasteiger partial charge in [0.05, 0.1) is 17.6 Å². The number of rotatable bonds is 3. The molecule has 0 atom stereocenters. The van der Waals surface area contributed by atoms with Crippen LogP contribution in [0.2, 0.25) is 0 Å². The molecular formula is C11H15N3O. The van der Waals surface area contributed by atoms with E-state index in [4.69, 9.17) is 5.90 Å². The zero-order valence-electron chi connectivity index (χ0n) is 8.95. The maximum absolute atomic E-state index is 5.03. The molecule has 0 aliphatic heterocycles. The maximum atomic E-state index is 5.03. The predicted octanol–water partition coefficient (Wildman–Crippen LogP) is 2.08.